The van der Waals surface area contributed by atoms with Gasteiger partial charge in [-0.1, -0.05) is 36.4 Å². The summed E-state index contributed by atoms with van der Waals surface area (Å²) in [5, 5.41) is 2.38. The monoisotopic (exact) mass is 583 g/mol. The van der Waals surface area contributed by atoms with Crippen LogP contribution in [0.4, 0.5) is 18.0 Å². The molecule has 42 heavy (non-hydrogen) atoms. The number of benzene rings is 3. The summed E-state index contributed by atoms with van der Waals surface area (Å²) in [6.07, 6.45) is -5.53. The van der Waals surface area contributed by atoms with E-state index >= 15 is 0 Å². The molecule has 218 valence electrons. The molecule has 12 heteroatoms. The highest BCUT2D eigenvalue weighted by molar-refractivity contribution is 5.85. The Labute approximate surface area is 236 Å². The predicted molar refractivity (Wildman–Crippen MR) is 143 cm³/mol. The van der Waals surface area contributed by atoms with Crippen LogP contribution < -0.4 is 25.0 Å². The molecule has 1 amide bonds. The van der Waals surface area contributed by atoms with E-state index in [0.717, 1.165) is 11.6 Å². The Morgan fingerprint density at radius 2 is 1.69 bits per heavy atom. The summed E-state index contributed by atoms with van der Waals surface area (Å²) in [7, 11) is 0. The summed E-state index contributed by atoms with van der Waals surface area (Å²) in [5.74, 6) is -1.72. The van der Waals surface area contributed by atoms with Crippen molar-refractivity contribution in [2.75, 3.05) is 19.8 Å². The summed E-state index contributed by atoms with van der Waals surface area (Å²) in [4.78, 5) is 37.4. The minimum atomic E-state index is -5.00. The number of alkyl carbamates (subject to hydrolysis) is 1. The van der Waals surface area contributed by atoms with Crippen LogP contribution in [0.3, 0.4) is 0 Å². The van der Waals surface area contributed by atoms with Crippen molar-refractivity contribution in [3.05, 3.63) is 88.3 Å². The lowest BCUT2D eigenvalue weighted by molar-refractivity contribution is -0.152. The number of hydrogen-bond acceptors (Lipinski definition) is 8. The Kier molecular flexibility index (Phi) is 8.32. The molecule has 0 saturated heterocycles. The van der Waals surface area contributed by atoms with Crippen LogP contribution in [0.15, 0.2) is 75.9 Å². The zero-order chi connectivity index (χ0) is 29.7. The van der Waals surface area contributed by atoms with E-state index in [2.05, 4.69) is 5.32 Å². The predicted octanol–water partition coefficient (Wildman–Crippen LogP) is 5.86. The molecule has 2 heterocycles. The normalized spacial score (nSPS) is 12.5. The molecule has 0 bridgehead atoms. The molecule has 9 nitrogen and oxygen atoms in total. The van der Waals surface area contributed by atoms with Crippen LogP contribution >= 0.6 is 0 Å². The van der Waals surface area contributed by atoms with Crippen molar-refractivity contribution in [3.63, 3.8) is 0 Å². The topological polar surface area (TPSA) is 113 Å². The lowest BCUT2D eigenvalue weighted by Gasteiger charge is -2.19. The van der Waals surface area contributed by atoms with Crippen molar-refractivity contribution in [1.29, 1.82) is 0 Å². The summed E-state index contributed by atoms with van der Waals surface area (Å²) in [6, 6.07) is 16.7. The third-order valence-electron chi connectivity index (χ3n) is 6.22. The maximum absolute atomic E-state index is 14.0. The van der Waals surface area contributed by atoms with Gasteiger partial charge in [-0.25, -0.2) is 4.79 Å². The second kappa shape index (κ2) is 12.2. The number of amides is 1. The van der Waals surface area contributed by atoms with Crippen molar-refractivity contribution < 1.29 is 46.1 Å². The van der Waals surface area contributed by atoms with Gasteiger partial charge in [0.05, 0.1) is 10.9 Å². The second-order valence-electron chi connectivity index (χ2n) is 9.22. The number of rotatable bonds is 8. The number of halogens is 3. The molecule has 1 N–H and O–H groups in total. The van der Waals surface area contributed by atoms with Crippen molar-refractivity contribution in [2.24, 2.45) is 0 Å². The van der Waals surface area contributed by atoms with Crippen LogP contribution in [0.2, 0.25) is 0 Å². The van der Waals surface area contributed by atoms with Gasteiger partial charge in [-0.3, -0.25) is 9.59 Å². The molecule has 0 radical (unpaired) electrons. The third kappa shape index (κ3) is 6.65. The lowest BCUT2D eigenvalue weighted by Crippen LogP contribution is -2.26. The molecule has 1 aliphatic heterocycles. The van der Waals surface area contributed by atoms with Gasteiger partial charge in [-0.05, 0) is 41.8 Å². The van der Waals surface area contributed by atoms with E-state index in [-0.39, 0.29) is 55.0 Å². The van der Waals surface area contributed by atoms with E-state index in [9.17, 15) is 27.6 Å². The number of nitrogens with one attached hydrogen (secondary N) is 1. The highest BCUT2D eigenvalue weighted by Gasteiger charge is 2.39. The number of carbonyl (C=O) groups excluding carboxylic acids is 2. The maximum Gasteiger partial charge on any atom is 0.450 e. The van der Waals surface area contributed by atoms with Crippen molar-refractivity contribution in [2.45, 2.75) is 25.6 Å². The minimum Gasteiger partial charge on any atom is -0.486 e. The third-order valence-corrected chi connectivity index (χ3v) is 6.22. The average Bonchev–Trinajstić information content (AvgIpc) is 2.98. The Bertz CT molecular complexity index is 1670. The smallest absolute Gasteiger partial charge is 0.450 e. The molecule has 1 aliphatic rings. The Morgan fingerprint density at radius 1 is 0.929 bits per heavy atom. The van der Waals surface area contributed by atoms with Gasteiger partial charge in [0.1, 0.15) is 31.2 Å². The first-order valence-electron chi connectivity index (χ1n) is 12.9. The highest BCUT2D eigenvalue weighted by atomic mass is 19.4. The molecule has 0 aliphatic carbocycles. The lowest BCUT2D eigenvalue weighted by atomic mass is 10.0. The number of hydrogen-bond donors (Lipinski definition) is 1. The van der Waals surface area contributed by atoms with Crippen LogP contribution in [0.25, 0.3) is 22.1 Å². The quantitative estimate of drug-likeness (QED) is 0.156. The largest absolute Gasteiger partial charge is 0.486 e. The van der Waals surface area contributed by atoms with E-state index in [1.807, 2.05) is 30.3 Å². The van der Waals surface area contributed by atoms with E-state index in [4.69, 9.17) is 23.4 Å². The molecule has 5 rings (SSSR count). The van der Waals surface area contributed by atoms with E-state index in [1.165, 1.54) is 30.3 Å². The molecule has 0 spiro atoms. The van der Waals surface area contributed by atoms with Gasteiger partial charge in [0.15, 0.2) is 11.5 Å². The Hall–Kier alpha value is -5.00. The van der Waals surface area contributed by atoms with Gasteiger partial charge in [0, 0.05) is 19.0 Å². The fraction of sp³-hybridized carbons (Fsp3) is 0.233. The Morgan fingerprint density at radius 3 is 2.45 bits per heavy atom. The molecule has 0 fully saturated rings. The van der Waals surface area contributed by atoms with Gasteiger partial charge < -0.3 is 28.7 Å². The van der Waals surface area contributed by atoms with Gasteiger partial charge in [-0.2, -0.15) is 13.2 Å². The molecule has 4 aromatic rings. The first-order valence-corrected chi connectivity index (χ1v) is 12.9. The summed E-state index contributed by atoms with van der Waals surface area (Å²) in [6.45, 7) is 0.744. The van der Waals surface area contributed by atoms with Gasteiger partial charge in [0.25, 0.3) is 0 Å². The van der Waals surface area contributed by atoms with E-state index in [1.54, 1.807) is 0 Å². The maximum atomic E-state index is 14.0. The Balaban J connectivity index is 1.25. The number of esters is 1. The fourth-order valence-electron chi connectivity index (χ4n) is 4.28. The van der Waals surface area contributed by atoms with Crippen LogP contribution in [-0.2, 0) is 22.3 Å². The highest BCUT2D eigenvalue weighted by Crippen LogP contribution is 2.40. The van der Waals surface area contributed by atoms with Crippen molar-refractivity contribution in [3.8, 4) is 28.4 Å². The summed E-state index contributed by atoms with van der Waals surface area (Å²) < 4.78 is 68.5. The summed E-state index contributed by atoms with van der Waals surface area (Å²) >= 11 is 0. The second-order valence-corrected chi connectivity index (χ2v) is 9.22. The number of carbonyl (C=O) groups is 2. The van der Waals surface area contributed by atoms with Crippen LogP contribution in [0, 0.1) is 0 Å². The fourth-order valence-corrected chi connectivity index (χ4v) is 4.28. The van der Waals surface area contributed by atoms with Crippen molar-refractivity contribution >= 4 is 23.0 Å². The molecular weight excluding hydrogens is 559 g/mol. The van der Waals surface area contributed by atoms with Gasteiger partial charge in [-0.15, -0.1) is 0 Å². The van der Waals surface area contributed by atoms with Crippen LogP contribution in [0.5, 0.6) is 17.2 Å². The SMILES string of the molecule is O=C(CCCNC(=O)OCc1ccccc1)Oc1ccc2c(=O)c(-c3ccc4c(c3)OCCO4)c(C(F)(F)F)oc2c1. The van der Waals surface area contributed by atoms with E-state index in [0.29, 0.717) is 12.4 Å². The molecule has 0 saturated carbocycles. The molecule has 1 aromatic heterocycles. The first-order chi connectivity index (χ1) is 20.2. The minimum absolute atomic E-state index is 0.0460. The molecule has 0 unspecified atom stereocenters. The van der Waals surface area contributed by atoms with Crippen LogP contribution in [0.1, 0.15) is 24.2 Å². The van der Waals surface area contributed by atoms with Gasteiger partial charge in [0.2, 0.25) is 11.2 Å². The summed E-state index contributed by atoms with van der Waals surface area (Å²) in [5.41, 5.74) is -1.21. The zero-order valence-corrected chi connectivity index (χ0v) is 22.0. The average molecular weight is 584 g/mol. The molecule has 3 aromatic carbocycles. The number of ether oxygens (including phenoxy) is 4. The standard InChI is InChI=1S/C30H24F3NO8/c31-30(32,33)28-26(19-8-11-22-24(15-19)39-14-13-38-22)27(36)21-10-9-20(16-23(21)42-28)41-25(35)7-4-12-34-29(37)40-17-18-5-2-1-3-6-18/h1-3,5-6,8-11,15-16H,4,7,12-14,17H2,(H,34,37). The zero-order valence-electron chi connectivity index (χ0n) is 22.0. The number of alkyl halides is 3. The van der Waals surface area contributed by atoms with Gasteiger partial charge >= 0.3 is 18.2 Å². The van der Waals surface area contributed by atoms with E-state index < -0.39 is 40.6 Å². The van der Waals surface area contributed by atoms with Crippen LogP contribution in [-0.4, -0.2) is 31.8 Å². The van der Waals surface area contributed by atoms with Crippen molar-refractivity contribution in [1.82, 2.24) is 5.32 Å². The number of fused-ring (bicyclic) bond motifs is 2. The first kappa shape index (κ1) is 28.5. The molecule has 0 atom stereocenters. The molecular formula is C30H24F3NO8.